The number of fused-ring (bicyclic) bond motifs is 1. The van der Waals surface area contributed by atoms with Crippen molar-refractivity contribution in [2.45, 2.75) is 0 Å². The minimum Gasteiger partial charge on any atom is -0.497 e. The summed E-state index contributed by atoms with van der Waals surface area (Å²) in [6, 6.07) is 20.5. The average molecular weight is 358 g/mol. The molecule has 0 radical (unpaired) electrons. The van der Waals surface area contributed by atoms with Crippen LogP contribution >= 0.6 is 0 Å². The standard InChI is InChI=1S/C22H18N2O3/c1-26-18-10-11-21(27-2)16(13-18)12-17(14-23)22(25)24-20-9-5-7-15-6-3-4-8-19(15)20/h3-13H,1-2H3,(H,24,25). The highest BCUT2D eigenvalue weighted by molar-refractivity contribution is 6.13. The quantitative estimate of drug-likeness (QED) is 0.542. The van der Waals surface area contributed by atoms with Crippen molar-refractivity contribution in [3.8, 4) is 17.6 Å². The predicted octanol–water partition coefficient (Wildman–Crippen LogP) is 4.40. The van der Waals surface area contributed by atoms with Crippen molar-refractivity contribution in [1.29, 1.82) is 5.26 Å². The van der Waals surface area contributed by atoms with Crippen LogP contribution in [0.5, 0.6) is 11.5 Å². The van der Waals surface area contributed by atoms with Crippen LogP contribution in [0.15, 0.2) is 66.2 Å². The van der Waals surface area contributed by atoms with Crippen molar-refractivity contribution in [2.24, 2.45) is 0 Å². The van der Waals surface area contributed by atoms with Gasteiger partial charge in [0, 0.05) is 16.6 Å². The Morgan fingerprint density at radius 3 is 2.56 bits per heavy atom. The Hall–Kier alpha value is -3.78. The van der Waals surface area contributed by atoms with Crippen molar-refractivity contribution in [3.05, 3.63) is 71.8 Å². The van der Waals surface area contributed by atoms with Gasteiger partial charge in [-0.2, -0.15) is 5.26 Å². The van der Waals surface area contributed by atoms with Crippen LogP contribution < -0.4 is 14.8 Å². The molecular weight excluding hydrogens is 340 g/mol. The summed E-state index contributed by atoms with van der Waals surface area (Å²) in [6.07, 6.45) is 1.49. The van der Waals surface area contributed by atoms with Gasteiger partial charge in [0.15, 0.2) is 0 Å². The highest BCUT2D eigenvalue weighted by Crippen LogP contribution is 2.27. The Morgan fingerprint density at radius 2 is 1.81 bits per heavy atom. The molecule has 0 aliphatic carbocycles. The topological polar surface area (TPSA) is 71.3 Å². The number of carbonyl (C=O) groups is 1. The van der Waals surface area contributed by atoms with Gasteiger partial charge in [-0.1, -0.05) is 36.4 Å². The molecule has 3 rings (SSSR count). The lowest BCUT2D eigenvalue weighted by Crippen LogP contribution is -2.13. The molecule has 0 spiro atoms. The van der Waals surface area contributed by atoms with Gasteiger partial charge in [0.05, 0.1) is 14.2 Å². The number of ether oxygens (including phenoxy) is 2. The average Bonchev–Trinajstić information content (AvgIpc) is 2.72. The number of anilines is 1. The van der Waals surface area contributed by atoms with E-state index in [0.29, 0.717) is 22.7 Å². The van der Waals surface area contributed by atoms with Crippen LogP contribution in [0.25, 0.3) is 16.8 Å². The third kappa shape index (κ3) is 3.91. The molecule has 0 heterocycles. The van der Waals surface area contributed by atoms with Gasteiger partial charge in [0.25, 0.3) is 5.91 Å². The normalized spacial score (nSPS) is 10.9. The number of nitriles is 1. The van der Waals surface area contributed by atoms with Crippen molar-refractivity contribution in [3.63, 3.8) is 0 Å². The molecule has 5 nitrogen and oxygen atoms in total. The molecule has 0 bridgehead atoms. The number of carbonyl (C=O) groups excluding carboxylic acids is 1. The molecular formula is C22H18N2O3. The second-order valence-electron chi connectivity index (χ2n) is 5.76. The lowest BCUT2D eigenvalue weighted by atomic mass is 10.1. The number of nitrogens with zero attached hydrogens (tertiary/aromatic N) is 1. The minimum absolute atomic E-state index is 0.0329. The highest BCUT2D eigenvalue weighted by atomic mass is 16.5. The molecule has 0 aliphatic heterocycles. The Kier molecular flexibility index (Phi) is 5.38. The zero-order chi connectivity index (χ0) is 19.2. The highest BCUT2D eigenvalue weighted by Gasteiger charge is 2.13. The maximum absolute atomic E-state index is 12.7. The molecule has 1 N–H and O–H groups in total. The van der Waals surface area contributed by atoms with E-state index >= 15 is 0 Å². The summed E-state index contributed by atoms with van der Waals surface area (Å²) in [7, 11) is 3.08. The first-order valence-corrected chi connectivity index (χ1v) is 8.29. The van der Waals surface area contributed by atoms with Gasteiger partial charge in [-0.25, -0.2) is 0 Å². The lowest BCUT2D eigenvalue weighted by Gasteiger charge is -2.10. The second-order valence-corrected chi connectivity index (χ2v) is 5.76. The number of methoxy groups -OCH3 is 2. The first-order chi connectivity index (χ1) is 13.2. The number of hydrogen-bond acceptors (Lipinski definition) is 4. The fraction of sp³-hybridized carbons (Fsp3) is 0.0909. The van der Waals surface area contributed by atoms with Crippen LogP contribution in [0.4, 0.5) is 5.69 Å². The van der Waals surface area contributed by atoms with Crippen LogP contribution in [0.1, 0.15) is 5.56 Å². The van der Waals surface area contributed by atoms with Crippen molar-refractivity contribution in [1.82, 2.24) is 0 Å². The number of amides is 1. The molecule has 134 valence electrons. The minimum atomic E-state index is -0.487. The number of rotatable bonds is 5. The van der Waals surface area contributed by atoms with E-state index in [1.807, 2.05) is 42.5 Å². The van der Waals surface area contributed by atoms with E-state index in [1.165, 1.54) is 13.2 Å². The zero-order valence-electron chi connectivity index (χ0n) is 15.0. The van der Waals surface area contributed by atoms with Gasteiger partial charge in [0.2, 0.25) is 0 Å². The third-order valence-corrected chi connectivity index (χ3v) is 4.14. The van der Waals surface area contributed by atoms with Gasteiger partial charge in [0.1, 0.15) is 23.1 Å². The second kappa shape index (κ2) is 8.07. The third-order valence-electron chi connectivity index (χ3n) is 4.14. The van der Waals surface area contributed by atoms with E-state index in [9.17, 15) is 10.1 Å². The predicted molar refractivity (Wildman–Crippen MR) is 106 cm³/mol. The molecule has 0 aromatic heterocycles. The first-order valence-electron chi connectivity index (χ1n) is 8.29. The summed E-state index contributed by atoms with van der Waals surface area (Å²) in [5, 5.41) is 14.2. The molecule has 5 heteroatoms. The van der Waals surface area contributed by atoms with Crippen LogP contribution in [0.3, 0.4) is 0 Å². The van der Waals surface area contributed by atoms with Crippen molar-refractivity contribution >= 4 is 28.4 Å². The Morgan fingerprint density at radius 1 is 1.04 bits per heavy atom. The van der Waals surface area contributed by atoms with Crippen LogP contribution in [0, 0.1) is 11.3 Å². The van der Waals surface area contributed by atoms with Crippen LogP contribution in [-0.4, -0.2) is 20.1 Å². The fourth-order valence-corrected chi connectivity index (χ4v) is 2.78. The molecule has 0 atom stereocenters. The van der Waals surface area contributed by atoms with E-state index in [0.717, 1.165) is 10.8 Å². The Labute approximate surface area is 157 Å². The zero-order valence-corrected chi connectivity index (χ0v) is 15.0. The molecule has 0 saturated heterocycles. The summed E-state index contributed by atoms with van der Waals surface area (Å²) >= 11 is 0. The molecule has 0 unspecified atom stereocenters. The maximum atomic E-state index is 12.7. The van der Waals surface area contributed by atoms with Gasteiger partial charge in [-0.15, -0.1) is 0 Å². The van der Waals surface area contributed by atoms with E-state index in [4.69, 9.17) is 9.47 Å². The maximum Gasteiger partial charge on any atom is 0.266 e. The molecule has 0 fully saturated rings. The van der Waals surface area contributed by atoms with E-state index in [-0.39, 0.29) is 5.57 Å². The summed E-state index contributed by atoms with van der Waals surface area (Å²) in [4.78, 5) is 12.7. The molecule has 0 aliphatic rings. The fourth-order valence-electron chi connectivity index (χ4n) is 2.78. The summed E-state index contributed by atoms with van der Waals surface area (Å²) in [6.45, 7) is 0. The molecule has 3 aromatic carbocycles. The Bertz CT molecular complexity index is 1060. The number of benzene rings is 3. The van der Waals surface area contributed by atoms with Crippen molar-refractivity contribution in [2.75, 3.05) is 19.5 Å². The number of hydrogen-bond donors (Lipinski definition) is 1. The molecule has 0 saturated carbocycles. The van der Waals surface area contributed by atoms with Gasteiger partial charge < -0.3 is 14.8 Å². The molecule has 27 heavy (non-hydrogen) atoms. The lowest BCUT2D eigenvalue weighted by molar-refractivity contribution is -0.112. The van der Waals surface area contributed by atoms with Gasteiger partial charge in [-0.05, 0) is 35.7 Å². The van der Waals surface area contributed by atoms with Crippen molar-refractivity contribution < 1.29 is 14.3 Å². The Balaban J connectivity index is 1.95. The SMILES string of the molecule is COc1ccc(OC)c(C=C(C#N)C(=O)Nc2cccc3ccccc23)c1. The monoisotopic (exact) mass is 358 g/mol. The first kappa shape index (κ1) is 18.0. The smallest absolute Gasteiger partial charge is 0.266 e. The number of nitrogens with one attached hydrogen (secondary N) is 1. The van der Waals surface area contributed by atoms with Gasteiger partial charge >= 0.3 is 0 Å². The summed E-state index contributed by atoms with van der Waals surface area (Å²) in [5.41, 5.74) is 1.20. The van der Waals surface area contributed by atoms with E-state index in [1.54, 1.807) is 31.4 Å². The largest absolute Gasteiger partial charge is 0.497 e. The van der Waals surface area contributed by atoms with Crippen LogP contribution in [0.2, 0.25) is 0 Å². The van der Waals surface area contributed by atoms with Crippen LogP contribution in [-0.2, 0) is 4.79 Å². The van der Waals surface area contributed by atoms with Gasteiger partial charge in [-0.3, -0.25) is 4.79 Å². The van der Waals surface area contributed by atoms with E-state index < -0.39 is 5.91 Å². The molecule has 1 amide bonds. The summed E-state index contributed by atoms with van der Waals surface area (Å²) in [5.74, 6) is 0.661. The van der Waals surface area contributed by atoms with E-state index in [2.05, 4.69) is 5.32 Å². The summed E-state index contributed by atoms with van der Waals surface area (Å²) < 4.78 is 10.5. The molecule has 3 aromatic rings.